The van der Waals surface area contributed by atoms with Gasteiger partial charge in [0, 0.05) is 11.0 Å². The summed E-state index contributed by atoms with van der Waals surface area (Å²) in [4.78, 5) is 12.6. The van der Waals surface area contributed by atoms with E-state index in [1.807, 2.05) is 39.0 Å². The average molecular weight is 298 g/mol. The first kappa shape index (κ1) is 17.0. The largest absolute Gasteiger partial charge is 0.294 e. The van der Waals surface area contributed by atoms with Crippen molar-refractivity contribution in [2.45, 2.75) is 66.2 Å². The van der Waals surface area contributed by atoms with Crippen LogP contribution in [-0.2, 0) is 6.42 Å². The maximum Gasteiger partial charge on any atom is 0.168 e. The van der Waals surface area contributed by atoms with Gasteiger partial charge in [0.2, 0.25) is 0 Å². The molecule has 1 aromatic carbocycles. The Morgan fingerprint density at radius 1 is 1.14 bits per heavy atom. The van der Waals surface area contributed by atoms with E-state index in [4.69, 9.17) is 0 Å². The summed E-state index contributed by atoms with van der Waals surface area (Å²) in [5.74, 6) is 1.01. The molecule has 1 aromatic rings. The molecule has 0 spiro atoms. The van der Waals surface area contributed by atoms with Gasteiger partial charge in [0.25, 0.3) is 0 Å². The summed E-state index contributed by atoms with van der Waals surface area (Å²) in [7, 11) is 0. The Labute approximate surface area is 135 Å². The number of allylic oxidation sites excluding steroid dienone is 2. The number of carbonyl (C=O) groups excluding carboxylic acids is 1. The highest BCUT2D eigenvalue weighted by Gasteiger charge is 2.24. The maximum absolute atomic E-state index is 12.6. The van der Waals surface area contributed by atoms with E-state index >= 15 is 0 Å². The molecule has 0 unspecified atom stereocenters. The van der Waals surface area contributed by atoms with Crippen molar-refractivity contribution in [3.8, 4) is 0 Å². The van der Waals surface area contributed by atoms with Gasteiger partial charge in [0.15, 0.2) is 5.78 Å². The van der Waals surface area contributed by atoms with Crippen LogP contribution in [0, 0.1) is 11.3 Å². The molecule has 1 heteroatoms. The van der Waals surface area contributed by atoms with E-state index in [9.17, 15) is 4.79 Å². The van der Waals surface area contributed by atoms with Gasteiger partial charge in [-0.1, -0.05) is 75.9 Å². The lowest BCUT2D eigenvalue weighted by atomic mass is 9.82. The highest BCUT2D eigenvalue weighted by molar-refractivity contribution is 6.01. The summed E-state index contributed by atoms with van der Waals surface area (Å²) in [6, 6.07) is 8.09. The minimum atomic E-state index is -0.321. The molecule has 0 atom stereocenters. The predicted octanol–water partition coefficient (Wildman–Crippen LogP) is 5.98. The second-order valence-corrected chi connectivity index (χ2v) is 7.72. The molecule has 0 amide bonds. The van der Waals surface area contributed by atoms with E-state index in [0.717, 1.165) is 23.5 Å². The number of hydrogen-bond acceptors (Lipinski definition) is 1. The molecule has 1 fully saturated rings. The van der Waals surface area contributed by atoms with E-state index < -0.39 is 0 Å². The fourth-order valence-corrected chi connectivity index (χ4v) is 3.32. The van der Waals surface area contributed by atoms with Crippen molar-refractivity contribution in [1.29, 1.82) is 0 Å². The minimum absolute atomic E-state index is 0.242. The van der Waals surface area contributed by atoms with E-state index in [2.05, 4.69) is 19.1 Å². The topological polar surface area (TPSA) is 17.1 Å². The quantitative estimate of drug-likeness (QED) is 0.493. The van der Waals surface area contributed by atoms with Crippen molar-refractivity contribution in [3.63, 3.8) is 0 Å². The Kier molecular flexibility index (Phi) is 5.61. The number of rotatable bonds is 4. The molecular weight excluding hydrogens is 268 g/mol. The van der Waals surface area contributed by atoms with Crippen molar-refractivity contribution >= 4 is 5.78 Å². The smallest absolute Gasteiger partial charge is 0.168 e. The fourth-order valence-electron chi connectivity index (χ4n) is 3.32. The molecule has 2 rings (SSSR count). The molecule has 22 heavy (non-hydrogen) atoms. The van der Waals surface area contributed by atoms with Gasteiger partial charge in [0.05, 0.1) is 0 Å². The second kappa shape index (κ2) is 7.26. The number of benzene rings is 1. The zero-order chi connectivity index (χ0) is 16.2. The van der Waals surface area contributed by atoms with Gasteiger partial charge < -0.3 is 0 Å². The lowest BCUT2D eigenvalue weighted by Crippen LogP contribution is -2.21. The van der Waals surface area contributed by atoms with Crippen LogP contribution in [0.4, 0.5) is 0 Å². The van der Waals surface area contributed by atoms with Crippen LogP contribution in [0.15, 0.2) is 35.9 Å². The molecule has 1 aliphatic carbocycles. The molecular formula is C21H30O. The third-order valence-corrected chi connectivity index (χ3v) is 4.84. The molecule has 0 aromatic heterocycles. The van der Waals surface area contributed by atoms with E-state index in [-0.39, 0.29) is 11.2 Å². The number of hydrogen-bond donors (Lipinski definition) is 0. The van der Waals surface area contributed by atoms with Crippen molar-refractivity contribution in [2.24, 2.45) is 11.3 Å². The first-order valence-electron chi connectivity index (χ1n) is 8.69. The zero-order valence-electron chi connectivity index (χ0n) is 14.6. The van der Waals surface area contributed by atoms with Crippen LogP contribution in [0.3, 0.4) is 0 Å². The van der Waals surface area contributed by atoms with Crippen LogP contribution < -0.4 is 0 Å². The molecule has 0 saturated heterocycles. The average Bonchev–Trinajstić information content (AvgIpc) is 2.52. The second-order valence-electron chi connectivity index (χ2n) is 7.72. The molecule has 0 radical (unpaired) electrons. The van der Waals surface area contributed by atoms with Crippen molar-refractivity contribution in [1.82, 2.24) is 0 Å². The predicted molar refractivity (Wildman–Crippen MR) is 94.3 cm³/mol. The first-order valence-corrected chi connectivity index (χ1v) is 8.69. The molecule has 1 nitrogen and oxygen atoms in total. The van der Waals surface area contributed by atoms with Crippen LogP contribution in [0.2, 0.25) is 0 Å². The third-order valence-electron chi connectivity index (χ3n) is 4.84. The number of carbonyl (C=O) groups is 1. The van der Waals surface area contributed by atoms with E-state index in [1.54, 1.807) is 0 Å². The summed E-state index contributed by atoms with van der Waals surface area (Å²) >= 11 is 0. The Morgan fingerprint density at radius 3 is 2.41 bits per heavy atom. The van der Waals surface area contributed by atoms with Gasteiger partial charge in [-0.3, -0.25) is 4.79 Å². The van der Waals surface area contributed by atoms with Crippen LogP contribution in [0.5, 0.6) is 0 Å². The monoisotopic (exact) mass is 298 g/mol. The van der Waals surface area contributed by atoms with Gasteiger partial charge in [-0.05, 0) is 37.7 Å². The molecule has 0 heterocycles. The Morgan fingerprint density at radius 2 is 1.77 bits per heavy atom. The van der Waals surface area contributed by atoms with E-state index in [0.29, 0.717) is 0 Å². The van der Waals surface area contributed by atoms with Crippen molar-refractivity contribution < 1.29 is 4.79 Å². The zero-order valence-corrected chi connectivity index (χ0v) is 14.6. The lowest BCUT2D eigenvalue weighted by Gasteiger charge is -2.23. The molecule has 1 aliphatic rings. The van der Waals surface area contributed by atoms with E-state index in [1.165, 1.54) is 37.7 Å². The van der Waals surface area contributed by atoms with Gasteiger partial charge in [-0.15, -0.1) is 0 Å². The highest BCUT2D eigenvalue weighted by Crippen LogP contribution is 2.30. The summed E-state index contributed by atoms with van der Waals surface area (Å²) < 4.78 is 0. The van der Waals surface area contributed by atoms with Gasteiger partial charge in [0.1, 0.15) is 0 Å². The van der Waals surface area contributed by atoms with Crippen LogP contribution in [-0.4, -0.2) is 5.78 Å². The summed E-state index contributed by atoms with van der Waals surface area (Å²) in [6.45, 7) is 8.25. The molecule has 0 N–H and O–H groups in total. The highest BCUT2D eigenvalue weighted by atomic mass is 16.1. The van der Waals surface area contributed by atoms with Crippen LogP contribution in [0.25, 0.3) is 0 Å². The van der Waals surface area contributed by atoms with Gasteiger partial charge in [-0.2, -0.15) is 0 Å². The van der Waals surface area contributed by atoms with Gasteiger partial charge in [-0.25, -0.2) is 0 Å². The summed E-state index contributed by atoms with van der Waals surface area (Å²) in [6.07, 6.45) is 10.0. The fraction of sp³-hybridized carbons (Fsp3) is 0.571. The first-order chi connectivity index (χ1) is 10.4. The Bertz CT molecular complexity index is 539. The molecule has 0 aliphatic heterocycles. The van der Waals surface area contributed by atoms with Crippen LogP contribution in [0.1, 0.15) is 75.7 Å². The Balaban J connectivity index is 2.14. The summed E-state index contributed by atoms with van der Waals surface area (Å²) in [5.41, 5.74) is 3.25. The standard InChI is InChI=1S/C21H30O/c1-16(17-10-6-5-7-11-17)14-15-18-12-8-9-13-19(18)20(22)21(2,3)4/h8-9,12-14,17H,5-7,10-11,15H2,1-4H3/b16-14-. The maximum atomic E-state index is 12.6. The Hall–Kier alpha value is -1.37. The lowest BCUT2D eigenvalue weighted by molar-refractivity contribution is 0.0857. The third kappa shape index (κ3) is 4.32. The van der Waals surface area contributed by atoms with Gasteiger partial charge >= 0.3 is 0 Å². The number of Topliss-reactive ketones (excluding diaryl/α,β-unsaturated/α-hetero) is 1. The SMILES string of the molecule is C/C(=C/Cc1ccccc1C(=O)C(C)(C)C)C1CCCCC1. The summed E-state index contributed by atoms with van der Waals surface area (Å²) in [5, 5.41) is 0. The molecule has 1 saturated carbocycles. The molecule has 0 bridgehead atoms. The number of ketones is 1. The normalized spacial score (nSPS) is 17.5. The van der Waals surface area contributed by atoms with Crippen LogP contribution >= 0.6 is 0 Å². The minimum Gasteiger partial charge on any atom is -0.294 e. The van der Waals surface area contributed by atoms with Crippen molar-refractivity contribution in [3.05, 3.63) is 47.0 Å². The molecule has 120 valence electrons. The van der Waals surface area contributed by atoms with Crippen molar-refractivity contribution in [2.75, 3.05) is 0 Å².